The Balaban J connectivity index is 2.33. The maximum absolute atomic E-state index is 10.1. The van der Waals surface area contributed by atoms with Crippen molar-refractivity contribution in [3.8, 4) is 29.7 Å². The first-order valence-corrected chi connectivity index (χ1v) is 8.21. The highest BCUT2D eigenvalue weighted by atomic mass is 16.7. The monoisotopic (exact) mass is 366 g/mol. The van der Waals surface area contributed by atoms with E-state index < -0.39 is 34.5 Å². The number of rotatable bonds is 3. The first-order chi connectivity index (χ1) is 12.8. The van der Waals surface area contributed by atoms with Gasteiger partial charge in [-0.05, 0) is 12.1 Å². The summed E-state index contributed by atoms with van der Waals surface area (Å²) >= 11 is 0. The van der Waals surface area contributed by atoms with Gasteiger partial charge in [0.25, 0.3) is 0 Å². The summed E-state index contributed by atoms with van der Waals surface area (Å²) in [6.45, 7) is 3.25. The van der Waals surface area contributed by atoms with Crippen LogP contribution in [0.4, 0.5) is 0 Å². The van der Waals surface area contributed by atoms with E-state index in [1.54, 1.807) is 32.0 Å². The molecule has 2 heterocycles. The Kier molecular flexibility index (Phi) is 4.03. The smallest absolute Gasteiger partial charge is 0.214 e. The molecule has 0 spiro atoms. The Morgan fingerprint density at radius 1 is 1.11 bits per heavy atom. The summed E-state index contributed by atoms with van der Waals surface area (Å²) in [6.07, 6.45) is -1.17. The molecule has 2 aliphatic rings. The van der Waals surface area contributed by atoms with Crippen molar-refractivity contribution in [2.75, 3.05) is 14.2 Å². The van der Waals surface area contributed by atoms with E-state index in [9.17, 15) is 15.8 Å². The van der Waals surface area contributed by atoms with Gasteiger partial charge in [0.15, 0.2) is 5.41 Å². The number of hydrogen-bond donors (Lipinski definition) is 1. The Labute approximate surface area is 156 Å². The number of fused-ring (bicyclic) bond motifs is 2. The third kappa shape index (κ3) is 2.01. The summed E-state index contributed by atoms with van der Waals surface area (Å²) in [4.78, 5) is 0. The minimum atomic E-state index is -2.00. The van der Waals surface area contributed by atoms with Gasteiger partial charge in [-0.2, -0.15) is 15.8 Å². The lowest BCUT2D eigenvalue weighted by atomic mass is 9.54. The van der Waals surface area contributed by atoms with Gasteiger partial charge in [-0.25, -0.2) is 0 Å². The lowest BCUT2D eigenvalue weighted by molar-refractivity contribution is -0.269. The highest BCUT2D eigenvalue weighted by Crippen LogP contribution is 2.66. The molecule has 138 valence electrons. The molecule has 0 amide bonds. The van der Waals surface area contributed by atoms with Gasteiger partial charge in [-0.3, -0.25) is 5.41 Å². The molecule has 1 aromatic carbocycles. The second-order valence-electron chi connectivity index (χ2n) is 6.73. The number of methoxy groups -OCH3 is 2. The van der Waals surface area contributed by atoms with Gasteiger partial charge in [0.05, 0.1) is 38.3 Å². The predicted octanol–water partition coefficient (Wildman–Crippen LogP) is 2.68. The molecule has 3 rings (SSSR count). The Morgan fingerprint density at radius 2 is 1.78 bits per heavy atom. The minimum Gasteiger partial charge on any atom is -0.497 e. The van der Waals surface area contributed by atoms with Crippen molar-refractivity contribution in [1.82, 2.24) is 0 Å². The molecular formula is C19H18N4O4. The molecule has 2 saturated heterocycles. The summed E-state index contributed by atoms with van der Waals surface area (Å²) in [5.74, 6) is -1.61. The predicted molar refractivity (Wildman–Crippen MR) is 91.5 cm³/mol. The van der Waals surface area contributed by atoms with E-state index >= 15 is 0 Å². The topological polar surface area (TPSA) is 132 Å². The van der Waals surface area contributed by atoms with Crippen LogP contribution in [0.3, 0.4) is 0 Å². The lowest BCUT2D eigenvalue weighted by Crippen LogP contribution is -2.57. The van der Waals surface area contributed by atoms with Crippen LogP contribution in [-0.4, -0.2) is 25.9 Å². The maximum atomic E-state index is 10.1. The van der Waals surface area contributed by atoms with Crippen LogP contribution in [0.15, 0.2) is 18.2 Å². The first-order valence-electron chi connectivity index (χ1n) is 8.21. The Hall–Kier alpha value is -3.28. The van der Waals surface area contributed by atoms with E-state index in [-0.39, 0.29) is 0 Å². The van der Waals surface area contributed by atoms with Crippen LogP contribution in [0.1, 0.15) is 25.5 Å². The molecule has 4 atom stereocenters. The highest BCUT2D eigenvalue weighted by Gasteiger charge is 2.78. The molecule has 8 heteroatoms. The van der Waals surface area contributed by atoms with Gasteiger partial charge in [0.1, 0.15) is 17.6 Å². The second kappa shape index (κ2) is 5.87. The number of benzene rings is 1. The molecule has 0 saturated carbocycles. The van der Waals surface area contributed by atoms with Gasteiger partial charge in [0, 0.05) is 18.6 Å². The van der Waals surface area contributed by atoms with Gasteiger partial charge < -0.3 is 18.9 Å². The van der Waals surface area contributed by atoms with Gasteiger partial charge in [-0.1, -0.05) is 6.92 Å². The van der Waals surface area contributed by atoms with Crippen LogP contribution in [0.25, 0.3) is 0 Å². The summed E-state index contributed by atoms with van der Waals surface area (Å²) in [7, 11) is 2.95. The highest BCUT2D eigenvalue weighted by molar-refractivity contribution is 5.89. The minimum absolute atomic E-state index is 0.339. The van der Waals surface area contributed by atoms with E-state index in [1.165, 1.54) is 14.2 Å². The third-order valence-corrected chi connectivity index (χ3v) is 5.72. The number of nitrogens with one attached hydrogen (secondary N) is 1. The first kappa shape index (κ1) is 18.5. The van der Waals surface area contributed by atoms with Gasteiger partial charge in [-0.15, -0.1) is 0 Å². The van der Waals surface area contributed by atoms with E-state index in [1.807, 2.05) is 18.2 Å². The number of nitrogens with zero attached hydrogens (tertiary/aromatic N) is 3. The second-order valence-corrected chi connectivity index (χ2v) is 6.73. The summed E-state index contributed by atoms with van der Waals surface area (Å²) < 4.78 is 22.3. The summed E-state index contributed by atoms with van der Waals surface area (Å²) in [5, 5.41) is 38.4. The van der Waals surface area contributed by atoms with E-state index in [0.29, 0.717) is 17.1 Å². The van der Waals surface area contributed by atoms with Crippen molar-refractivity contribution >= 4 is 5.90 Å². The zero-order valence-corrected chi connectivity index (χ0v) is 15.4. The van der Waals surface area contributed by atoms with E-state index in [0.717, 1.165) is 0 Å². The van der Waals surface area contributed by atoms with Gasteiger partial charge in [0.2, 0.25) is 17.1 Å². The van der Waals surface area contributed by atoms with Crippen molar-refractivity contribution in [3.63, 3.8) is 0 Å². The number of hydrogen-bond acceptors (Lipinski definition) is 8. The van der Waals surface area contributed by atoms with E-state index in [4.69, 9.17) is 24.4 Å². The fraction of sp³-hybridized carbons (Fsp3) is 0.474. The normalized spacial score (nSPS) is 33.1. The molecule has 8 nitrogen and oxygen atoms in total. The van der Waals surface area contributed by atoms with E-state index in [2.05, 4.69) is 0 Å². The zero-order chi connectivity index (χ0) is 20.0. The SMILES string of the molecule is COc1ccc(C2OC3(C)OC(=N)C(C#N)(C3C)C2(C#N)C#N)c(OC)c1. The summed E-state index contributed by atoms with van der Waals surface area (Å²) in [5.41, 5.74) is -3.38. The Morgan fingerprint density at radius 3 is 2.30 bits per heavy atom. The standard InChI is InChI=1S/C19H18N4O4/c1-11-17(2)26-15(13-6-5-12(24-3)7-14(13)25-4)18(8-20,9-21)19(11,10-22)16(23)27-17/h5-7,11,15,23H,1-4H3. The average Bonchev–Trinajstić information content (AvgIpc) is 2.82. The third-order valence-electron chi connectivity index (χ3n) is 5.72. The molecule has 4 unspecified atom stereocenters. The largest absolute Gasteiger partial charge is 0.497 e. The fourth-order valence-corrected chi connectivity index (χ4v) is 4.02. The average molecular weight is 366 g/mol. The van der Waals surface area contributed by atoms with Crippen molar-refractivity contribution < 1.29 is 18.9 Å². The van der Waals surface area contributed by atoms with Crippen LogP contribution in [-0.2, 0) is 9.47 Å². The van der Waals surface area contributed by atoms with Crippen molar-refractivity contribution in [2.24, 2.45) is 16.7 Å². The molecule has 0 radical (unpaired) electrons. The molecular weight excluding hydrogens is 348 g/mol. The molecule has 0 aromatic heterocycles. The lowest BCUT2D eigenvalue weighted by Gasteiger charge is -2.47. The maximum Gasteiger partial charge on any atom is 0.214 e. The quantitative estimate of drug-likeness (QED) is 0.869. The molecule has 0 aliphatic carbocycles. The fourth-order valence-electron chi connectivity index (χ4n) is 4.02. The van der Waals surface area contributed by atoms with Crippen molar-refractivity contribution in [2.45, 2.75) is 25.7 Å². The van der Waals surface area contributed by atoms with Crippen LogP contribution < -0.4 is 9.47 Å². The summed E-state index contributed by atoms with van der Waals surface area (Å²) in [6, 6.07) is 10.9. The molecule has 2 bridgehead atoms. The Bertz CT molecular complexity index is 926. The van der Waals surface area contributed by atoms with Crippen LogP contribution in [0.2, 0.25) is 0 Å². The number of ether oxygens (including phenoxy) is 4. The van der Waals surface area contributed by atoms with Crippen molar-refractivity contribution in [1.29, 1.82) is 21.2 Å². The van der Waals surface area contributed by atoms with Crippen molar-refractivity contribution in [3.05, 3.63) is 23.8 Å². The molecule has 27 heavy (non-hydrogen) atoms. The molecule has 1 aromatic rings. The number of nitriles is 3. The molecule has 1 N–H and O–H groups in total. The van der Waals surface area contributed by atoms with Crippen LogP contribution in [0.5, 0.6) is 11.5 Å². The van der Waals surface area contributed by atoms with Gasteiger partial charge >= 0.3 is 0 Å². The zero-order valence-electron chi connectivity index (χ0n) is 15.4. The molecule has 2 aliphatic heterocycles. The van der Waals surface area contributed by atoms with Crippen LogP contribution in [0, 0.1) is 56.2 Å². The van der Waals surface area contributed by atoms with Crippen LogP contribution >= 0.6 is 0 Å². The molecule has 2 fully saturated rings.